The summed E-state index contributed by atoms with van der Waals surface area (Å²) in [6.45, 7) is 1.67. The Morgan fingerprint density at radius 3 is 2.55 bits per heavy atom. The predicted molar refractivity (Wildman–Crippen MR) is 123 cm³/mol. The number of nitrogens with one attached hydrogen (secondary N) is 1. The highest BCUT2D eigenvalue weighted by atomic mass is 79.9. The molecular weight excluding hydrogens is 484 g/mol. The van der Waals surface area contributed by atoms with Crippen LogP contribution in [0.2, 0.25) is 5.02 Å². The van der Waals surface area contributed by atoms with Crippen molar-refractivity contribution in [2.75, 3.05) is 6.61 Å². The SMILES string of the molecule is Cc1cc(Cl)ccc1OCC(=O)NN=Cc1ccc(OC(=O)c2ccccc2Br)cc1. The van der Waals surface area contributed by atoms with Crippen molar-refractivity contribution in [1.29, 1.82) is 0 Å². The number of hydrogen-bond donors (Lipinski definition) is 1. The summed E-state index contributed by atoms with van der Waals surface area (Å²) in [6.07, 6.45) is 1.48. The van der Waals surface area contributed by atoms with E-state index in [1.807, 2.05) is 13.0 Å². The van der Waals surface area contributed by atoms with Crippen molar-refractivity contribution < 1.29 is 19.1 Å². The van der Waals surface area contributed by atoms with Gasteiger partial charge in [0.05, 0.1) is 11.8 Å². The topological polar surface area (TPSA) is 77.0 Å². The van der Waals surface area contributed by atoms with E-state index in [1.54, 1.807) is 60.7 Å². The highest BCUT2D eigenvalue weighted by Crippen LogP contribution is 2.22. The predicted octanol–water partition coefficient (Wildman–Crippen LogP) is 5.16. The minimum Gasteiger partial charge on any atom is -0.483 e. The molecule has 0 saturated carbocycles. The molecule has 3 rings (SSSR count). The number of carbonyl (C=O) groups is 2. The number of benzene rings is 3. The Hall–Kier alpha value is -3.16. The van der Waals surface area contributed by atoms with Crippen LogP contribution in [0.25, 0.3) is 0 Å². The molecule has 0 aliphatic heterocycles. The Bertz CT molecular complexity index is 1120. The molecule has 6 nitrogen and oxygen atoms in total. The summed E-state index contributed by atoms with van der Waals surface area (Å²) >= 11 is 9.22. The van der Waals surface area contributed by atoms with Gasteiger partial charge in [-0.15, -0.1) is 0 Å². The molecule has 0 atom stereocenters. The first kappa shape index (κ1) is 22.5. The summed E-state index contributed by atoms with van der Waals surface area (Å²) in [7, 11) is 0. The first-order valence-electron chi connectivity index (χ1n) is 9.20. The second-order valence-corrected chi connectivity index (χ2v) is 7.72. The molecule has 0 aliphatic carbocycles. The largest absolute Gasteiger partial charge is 0.483 e. The summed E-state index contributed by atoms with van der Waals surface area (Å²) in [5.74, 6) is 0.117. The molecule has 0 fully saturated rings. The monoisotopic (exact) mass is 500 g/mol. The van der Waals surface area contributed by atoms with Gasteiger partial charge in [-0.1, -0.05) is 23.7 Å². The standard InChI is InChI=1S/C23H18BrClN2O4/c1-15-12-17(25)8-11-21(15)30-14-22(28)27-26-13-16-6-9-18(10-7-16)31-23(29)19-4-2-3-5-20(19)24/h2-13H,14H2,1H3,(H,27,28). The molecule has 3 aromatic carbocycles. The lowest BCUT2D eigenvalue weighted by molar-refractivity contribution is -0.123. The Kier molecular flexibility index (Phi) is 7.81. The van der Waals surface area contributed by atoms with E-state index in [9.17, 15) is 9.59 Å². The van der Waals surface area contributed by atoms with Gasteiger partial charge in [-0.05, 0) is 88.6 Å². The van der Waals surface area contributed by atoms with Crippen LogP contribution in [0.3, 0.4) is 0 Å². The van der Waals surface area contributed by atoms with Crippen LogP contribution in [0.1, 0.15) is 21.5 Å². The van der Waals surface area contributed by atoms with Crippen molar-refractivity contribution in [3.63, 3.8) is 0 Å². The van der Waals surface area contributed by atoms with E-state index in [0.717, 1.165) is 11.1 Å². The number of halogens is 2. The van der Waals surface area contributed by atoms with Crippen molar-refractivity contribution >= 4 is 45.6 Å². The van der Waals surface area contributed by atoms with Gasteiger partial charge in [0.2, 0.25) is 0 Å². The van der Waals surface area contributed by atoms with Gasteiger partial charge in [0, 0.05) is 9.50 Å². The average Bonchev–Trinajstić information content (AvgIpc) is 2.74. The fourth-order valence-electron chi connectivity index (χ4n) is 2.54. The second-order valence-electron chi connectivity index (χ2n) is 6.43. The van der Waals surface area contributed by atoms with Crippen LogP contribution in [0, 0.1) is 6.92 Å². The maximum Gasteiger partial charge on any atom is 0.344 e. The molecule has 8 heteroatoms. The molecule has 0 saturated heterocycles. The van der Waals surface area contributed by atoms with E-state index < -0.39 is 11.9 Å². The smallest absolute Gasteiger partial charge is 0.344 e. The first-order chi connectivity index (χ1) is 14.9. The van der Waals surface area contributed by atoms with E-state index in [1.165, 1.54) is 6.21 Å². The van der Waals surface area contributed by atoms with Gasteiger partial charge in [-0.3, -0.25) is 4.79 Å². The van der Waals surface area contributed by atoms with Crippen LogP contribution in [0.15, 0.2) is 76.3 Å². The summed E-state index contributed by atoms with van der Waals surface area (Å²) < 4.78 is 11.5. The summed E-state index contributed by atoms with van der Waals surface area (Å²) in [5, 5.41) is 4.50. The quantitative estimate of drug-likeness (QED) is 0.210. The average molecular weight is 502 g/mol. The first-order valence-corrected chi connectivity index (χ1v) is 10.4. The molecule has 1 N–H and O–H groups in total. The molecule has 158 valence electrons. The second kappa shape index (κ2) is 10.7. The maximum atomic E-state index is 12.2. The number of esters is 1. The summed E-state index contributed by atoms with van der Waals surface area (Å²) in [5.41, 5.74) is 4.39. The summed E-state index contributed by atoms with van der Waals surface area (Å²) in [6, 6.07) is 18.9. The van der Waals surface area contributed by atoms with Crippen LogP contribution in [-0.4, -0.2) is 24.7 Å². The highest BCUT2D eigenvalue weighted by molar-refractivity contribution is 9.10. The zero-order valence-electron chi connectivity index (χ0n) is 16.5. The zero-order chi connectivity index (χ0) is 22.2. The molecule has 0 radical (unpaired) electrons. The molecule has 0 heterocycles. The molecule has 3 aromatic rings. The minimum absolute atomic E-state index is 0.177. The molecule has 0 unspecified atom stereocenters. The lowest BCUT2D eigenvalue weighted by Gasteiger charge is -2.08. The minimum atomic E-state index is -0.461. The molecule has 1 amide bonds. The molecule has 31 heavy (non-hydrogen) atoms. The number of nitrogens with zero attached hydrogens (tertiary/aromatic N) is 1. The number of hydrazone groups is 1. The van der Waals surface area contributed by atoms with Gasteiger partial charge in [0.25, 0.3) is 5.91 Å². The van der Waals surface area contributed by atoms with Crippen molar-refractivity contribution in [3.8, 4) is 11.5 Å². The lowest BCUT2D eigenvalue weighted by atomic mass is 10.2. The van der Waals surface area contributed by atoms with E-state index in [0.29, 0.717) is 26.6 Å². The van der Waals surface area contributed by atoms with Gasteiger partial charge < -0.3 is 9.47 Å². The van der Waals surface area contributed by atoms with Crippen LogP contribution in [-0.2, 0) is 4.79 Å². The van der Waals surface area contributed by atoms with Crippen molar-refractivity contribution in [2.45, 2.75) is 6.92 Å². The molecule has 0 bridgehead atoms. The molecular formula is C23H18BrClN2O4. The number of ether oxygens (including phenoxy) is 2. The van der Waals surface area contributed by atoms with Crippen molar-refractivity contribution in [2.24, 2.45) is 5.10 Å². The molecule has 0 spiro atoms. The van der Waals surface area contributed by atoms with E-state index in [4.69, 9.17) is 21.1 Å². The summed E-state index contributed by atoms with van der Waals surface area (Å²) in [4.78, 5) is 24.1. The van der Waals surface area contributed by atoms with Crippen LogP contribution < -0.4 is 14.9 Å². The van der Waals surface area contributed by atoms with Gasteiger partial charge in [-0.25, -0.2) is 10.2 Å². The third-order valence-corrected chi connectivity index (χ3v) is 5.01. The number of carbonyl (C=O) groups excluding carboxylic acids is 2. The normalized spacial score (nSPS) is 10.7. The number of aryl methyl sites for hydroxylation is 1. The van der Waals surface area contributed by atoms with Gasteiger partial charge in [0.1, 0.15) is 11.5 Å². The Morgan fingerprint density at radius 2 is 1.84 bits per heavy atom. The van der Waals surface area contributed by atoms with Crippen LogP contribution >= 0.6 is 27.5 Å². The lowest BCUT2D eigenvalue weighted by Crippen LogP contribution is -2.24. The highest BCUT2D eigenvalue weighted by Gasteiger charge is 2.11. The number of rotatable bonds is 7. The fourth-order valence-corrected chi connectivity index (χ4v) is 3.21. The molecule has 0 aromatic heterocycles. The fraction of sp³-hybridized carbons (Fsp3) is 0.0870. The van der Waals surface area contributed by atoms with Crippen molar-refractivity contribution in [3.05, 3.63) is 92.9 Å². The third kappa shape index (κ3) is 6.67. The van der Waals surface area contributed by atoms with Gasteiger partial charge in [0.15, 0.2) is 6.61 Å². The van der Waals surface area contributed by atoms with E-state index in [-0.39, 0.29) is 6.61 Å². The maximum absolute atomic E-state index is 12.2. The third-order valence-electron chi connectivity index (χ3n) is 4.08. The number of amides is 1. The molecule has 0 aliphatic rings. The van der Waals surface area contributed by atoms with Crippen LogP contribution in [0.4, 0.5) is 0 Å². The Balaban J connectivity index is 1.48. The zero-order valence-corrected chi connectivity index (χ0v) is 18.8. The van der Waals surface area contributed by atoms with E-state index >= 15 is 0 Å². The number of hydrogen-bond acceptors (Lipinski definition) is 5. The Labute approximate surface area is 193 Å². The van der Waals surface area contributed by atoms with Crippen LogP contribution in [0.5, 0.6) is 11.5 Å². The van der Waals surface area contributed by atoms with Crippen molar-refractivity contribution in [1.82, 2.24) is 5.43 Å². The van der Waals surface area contributed by atoms with E-state index in [2.05, 4.69) is 26.5 Å². The van der Waals surface area contributed by atoms with Gasteiger partial charge >= 0.3 is 5.97 Å². The Morgan fingerprint density at radius 1 is 1.10 bits per heavy atom. The van der Waals surface area contributed by atoms with Gasteiger partial charge in [-0.2, -0.15) is 5.10 Å².